The van der Waals surface area contributed by atoms with Crippen molar-refractivity contribution in [2.45, 2.75) is 25.3 Å². The molecule has 1 aromatic heterocycles. The molecular weight excluding hydrogens is 262 g/mol. The zero-order valence-corrected chi connectivity index (χ0v) is 11.0. The highest BCUT2D eigenvalue weighted by Crippen LogP contribution is 2.19. The van der Waals surface area contributed by atoms with E-state index in [1.165, 1.54) is 6.42 Å². The van der Waals surface area contributed by atoms with Crippen LogP contribution in [-0.2, 0) is 0 Å². The van der Waals surface area contributed by atoms with Gasteiger partial charge in [0.25, 0.3) is 11.6 Å². The molecule has 1 aromatic rings. The highest BCUT2D eigenvalue weighted by atomic mass is 16.6. The Bertz CT molecular complexity index is 514. The third-order valence-corrected chi connectivity index (χ3v) is 3.30. The molecule has 1 fully saturated rings. The summed E-state index contributed by atoms with van der Waals surface area (Å²) in [5.41, 5.74) is 5.02. The smallest absolute Gasteiger partial charge is 0.288 e. The number of nitrogens with one attached hydrogen (secondary N) is 2. The van der Waals surface area contributed by atoms with E-state index in [1.54, 1.807) is 0 Å². The van der Waals surface area contributed by atoms with Crippen LogP contribution in [-0.4, -0.2) is 34.9 Å². The predicted octanol–water partition coefficient (Wildman–Crippen LogP) is 0.643. The Morgan fingerprint density at radius 1 is 1.65 bits per heavy atom. The molecule has 0 radical (unpaired) electrons. The van der Waals surface area contributed by atoms with Crippen LogP contribution in [0.15, 0.2) is 12.3 Å². The maximum absolute atomic E-state index is 11.3. The van der Waals surface area contributed by atoms with Crippen LogP contribution in [0.1, 0.15) is 29.6 Å². The van der Waals surface area contributed by atoms with Gasteiger partial charge in [-0.15, -0.1) is 0 Å². The highest BCUT2D eigenvalue weighted by molar-refractivity contribution is 5.98. The molecule has 8 heteroatoms. The monoisotopic (exact) mass is 279 g/mol. The lowest BCUT2D eigenvalue weighted by atomic mass is 10.1. The van der Waals surface area contributed by atoms with Crippen LogP contribution in [0.25, 0.3) is 0 Å². The summed E-state index contributed by atoms with van der Waals surface area (Å²) in [7, 11) is 0. The molecule has 2 heterocycles. The molecule has 2 rings (SSSR count). The molecular formula is C12H17N5O3. The highest BCUT2D eigenvalue weighted by Gasteiger charge is 2.17. The fourth-order valence-electron chi connectivity index (χ4n) is 2.25. The van der Waals surface area contributed by atoms with Gasteiger partial charge in [-0.1, -0.05) is 0 Å². The van der Waals surface area contributed by atoms with Crippen LogP contribution in [0, 0.1) is 10.1 Å². The van der Waals surface area contributed by atoms with Crippen molar-refractivity contribution in [3.05, 3.63) is 27.9 Å². The van der Waals surface area contributed by atoms with Crippen LogP contribution in [0.4, 0.5) is 11.5 Å². The van der Waals surface area contributed by atoms with E-state index in [4.69, 9.17) is 5.73 Å². The van der Waals surface area contributed by atoms with Crippen molar-refractivity contribution in [3.8, 4) is 0 Å². The van der Waals surface area contributed by atoms with E-state index in [0.29, 0.717) is 18.4 Å². The van der Waals surface area contributed by atoms with Crippen LogP contribution >= 0.6 is 0 Å². The van der Waals surface area contributed by atoms with E-state index >= 15 is 0 Å². The lowest BCUT2D eigenvalue weighted by Gasteiger charge is -2.12. The van der Waals surface area contributed by atoms with Crippen molar-refractivity contribution in [3.63, 3.8) is 0 Å². The number of carbonyl (C=O) groups is 1. The fourth-order valence-corrected chi connectivity index (χ4v) is 2.25. The molecule has 1 aliphatic heterocycles. The number of anilines is 1. The molecule has 0 aromatic carbocycles. The third kappa shape index (κ3) is 3.41. The molecule has 8 nitrogen and oxygen atoms in total. The SMILES string of the molecule is NC(=O)c1cc([N+](=O)[O-])cnc1NCCC1CCCN1. The second kappa shape index (κ2) is 6.29. The van der Waals surface area contributed by atoms with Gasteiger partial charge >= 0.3 is 0 Å². The van der Waals surface area contributed by atoms with Gasteiger partial charge in [0.1, 0.15) is 12.0 Å². The van der Waals surface area contributed by atoms with E-state index in [9.17, 15) is 14.9 Å². The lowest BCUT2D eigenvalue weighted by Crippen LogP contribution is -2.25. The minimum Gasteiger partial charge on any atom is -0.369 e. The Labute approximate surface area is 115 Å². The Balaban J connectivity index is 2.02. The first kappa shape index (κ1) is 14.2. The number of hydrogen-bond donors (Lipinski definition) is 3. The summed E-state index contributed by atoms with van der Waals surface area (Å²) in [5.74, 6) is -0.441. The zero-order chi connectivity index (χ0) is 14.5. The molecule has 0 bridgehead atoms. The normalized spacial score (nSPS) is 17.9. The van der Waals surface area contributed by atoms with Gasteiger partial charge in [-0.25, -0.2) is 4.98 Å². The third-order valence-electron chi connectivity index (χ3n) is 3.30. The number of nitro groups is 1. The van der Waals surface area contributed by atoms with Gasteiger partial charge in [0.05, 0.1) is 10.5 Å². The second-order valence-corrected chi connectivity index (χ2v) is 4.72. The van der Waals surface area contributed by atoms with Gasteiger partial charge in [0.15, 0.2) is 0 Å². The molecule has 108 valence electrons. The van der Waals surface area contributed by atoms with Crippen molar-refractivity contribution >= 4 is 17.4 Å². The minimum absolute atomic E-state index is 0.0404. The number of nitrogens with zero attached hydrogens (tertiary/aromatic N) is 2. The number of pyridine rings is 1. The van der Waals surface area contributed by atoms with Crippen LogP contribution in [0.5, 0.6) is 0 Å². The number of amides is 1. The first-order valence-corrected chi connectivity index (χ1v) is 6.49. The molecule has 0 saturated carbocycles. The lowest BCUT2D eigenvalue weighted by molar-refractivity contribution is -0.385. The van der Waals surface area contributed by atoms with Gasteiger partial charge in [0, 0.05) is 18.7 Å². The fraction of sp³-hybridized carbons (Fsp3) is 0.500. The van der Waals surface area contributed by atoms with E-state index in [2.05, 4.69) is 15.6 Å². The van der Waals surface area contributed by atoms with Gasteiger partial charge in [-0.3, -0.25) is 14.9 Å². The van der Waals surface area contributed by atoms with Crippen molar-refractivity contribution in [2.75, 3.05) is 18.4 Å². The minimum atomic E-state index is -0.734. The van der Waals surface area contributed by atoms with Gasteiger partial charge < -0.3 is 16.4 Å². The topological polar surface area (TPSA) is 123 Å². The number of carbonyl (C=O) groups excluding carboxylic acids is 1. The molecule has 1 amide bonds. The summed E-state index contributed by atoms with van der Waals surface area (Å²) in [6.07, 6.45) is 4.32. The van der Waals surface area contributed by atoms with Crippen molar-refractivity contribution < 1.29 is 9.72 Å². The van der Waals surface area contributed by atoms with Gasteiger partial charge in [-0.2, -0.15) is 0 Å². The number of rotatable bonds is 6. The van der Waals surface area contributed by atoms with Crippen LogP contribution in [0.2, 0.25) is 0 Å². The van der Waals surface area contributed by atoms with Crippen molar-refractivity contribution in [1.29, 1.82) is 0 Å². The molecule has 20 heavy (non-hydrogen) atoms. The predicted molar refractivity (Wildman–Crippen MR) is 73.5 cm³/mol. The van der Waals surface area contributed by atoms with E-state index in [-0.39, 0.29) is 11.3 Å². The Morgan fingerprint density at radius 3 is 3.05 bits per heavy atom. The summed E-state index contributed by atoms with van der Waals surface area (Å²) < 4.78 is 0. The van der Waals surface area contributed by atoms with Crippen molar-refractivity contribution in [1.82, 2.24) is 10.3 Å². The molecule has 4 N–H and O–H groups in total. The Kier molecular flexibility index (Phi) is 4.46. The summed E-state index contributed by atoms with van der Waals surface area (Å²) in [6, 6.07) is 1.61. The largest absolute Gasteiger partial charge is 0.369 e. The van der Waals surface area contributed by atoms with E-state index in [0.717, 1.165) is 31.6 Å². The number of primary amides is 1. The Hall–Kier alpha value is -2.22. The molecule has 0 aliphatic carbocycles. The summed E-state index contributed by atoms with van der Waals surface area (Å²) in [5, 5.41) is 17.0. The molecule has 0 spiro atoms. The summed E-state index contributed by atoms with van der Waals surface area (Å²) in [4.78, 5) is 25.3. The maximum Gasteiger partial charge on any atom is 0.288 e. The van der Waals surface area contributed by atoms with Crippen LogP contribution in [0.3, 0.4) is 0 Å². The van der Waals surface area contributed by atoms with E-state index < -0.39 is 10.8 Å². The Morgan fingerprint density at radius 2 is 2.45 bits per heavy atom. The maximum atomic E-state index is 11.3. The van der Waals surface area contributed by atoms with Crippen molar-refractivity contribution in [2.24, 2.45) is 5.73 Å². The molecule has 1 aliphatic rings. The quantitative estimate of drug-likeness (QED) is 0.518. The standard InChI is InChI=1S/C12H17N5O3/c13-11(18)10-6-9(17(19)20)7-16-12(10)15-5-3-8-2-1-4-14-8/h6-8,14H,1-5H2,(H2,13,18)(H,15,16). The first-order chi connectivity index (χ1) is 9.58. The first-order valence-electron chi connectivity index (χ1n) is 6.49. The van der Waals surface area contributed by atoms with Gasteiger partial charge in [-0.05, 0) is 25.8 Å². The average Bonchev–Trinajstić information content (AvgIpc) is 2.91. The van der Waals surface area contributed by atoms with Gasteiger partial charge in [0.2, 0.25) is 0 Å². The van der Waals surface area contributed by atoms with E-state index in [1.807, 2.05) is 0 Å². The van der Waals surface area contributed by atoms with Crippen LogP contribution < -0.4 is 16.4 Å². The summed E-state index contributed by atoms with van der Waals surface area (Å²) >= 11 is 0. The molecule has 1 saturated heterocycles. The molecule has 1 atom stereocenters. The number of hydrogen-bond acceptors (Lipinski definition) is 6. The average molecular weight is 279 g/mol. The number of nitrogens with two attached hydrogens (primary N) is 1. The second-order valence-electron chi connectivity index (χ2n) is 4.72. The summed E-state index contributed by atoms with van der Waals surface area (Å²) in [6.45, 7) is 1.66. The molecule has 1 unspecified atom stereocenters. The zero-order valence-electron chi connectivity index (χ0n) is 11.0. The number of aromatic nitrogens is 1.